The molecule has 158 valence electrons. The SMILES string of the molecule is CC1CC(C)CN(S(=O)(=O)c2ccc3[nH]c(C(=O)N4CCCCC4C)cc3c2)C1. The van der Waals surface area contributed by atoms with Gasteiger partial charge in [0.2, 0.25) is 10.0 Å². The summed E-state index contributed by atoms with van der Waals surface area (Å²) in [5, 5.41) is 0.761. The van der Waals surface area contributed by atoms with Gasteiger partial charge in [0.1, 0.15) is 5.69 Å². The molecule has 2 saturated heterocycles. The van der Waals surface area contributed by atoms with Gasteiger partial charge in [-0.25, -0.2) is 8.42 Å². The number of benzene rings is 1. The Kier molecular flexibility index (Phi) is 5.46. The van der Waals surface area contributed by atoms with Gasteiger partial charge in [0.05, 0.1) is 4.90 Å². The van der Waals surface area contributed by atoms with Crippen LogP contribution < -0.4 is 0 Å². The fourth-order valence-electron chi connectivity index (χ4n) is 4.89. The van der Waals surface area contributed by atoms with Gasteiger partial charge < -0.3 is 9.88 Å². The van der Waals surface area contributed by atoms with E-state index in [0.29, 0.717) is 35.5 Å². The molecular formula is C22H31N3O3S. The van der Waals surface area contributed by atoms with Crippen LogP contribution in [0.3, 0.4) is 0 Å². The minimum atomic E-state index is -3.54. The Morgan fingerprint density at radius 1 is 1.07 bits per heavy atom. The third-order valence-electron chi connectivity index (χ3n) is 6.36. The number of carbonyl (C=O) groups excluding carboxylic acids is 1. The Hall–Kier alpha value is -1.86. The summed E-state index contributed by atoms with van der Waals surface area (Å²) in [5.41, 5.74) is 1.32. The molecule has 29 heavy (non-hydrogen) atoms. The summed E-state index contributed by atoms with van der Waals surface area (Å²) in [4.78, 5) is 18.4. The molecule has 1 aromatic heterocycles. The first-order chi connectivity index (χ1) is 13.8. The molecule has 0 bridgehead atoms. The number of nitrogens with one attached hydrogen (secondary N) is 1. The van der Waals surface area contributed by atoms with Crippen LogP contribution in [-0.2, 0) is 10.0 Å². The van der Waals surface area contributed by atoms with Crippen molar-refractivity contribution in [3.8, 4) is 0 Å². The molecule has 1 amide bonds. The lowest BCUT2D eigenvalue weighted by Gasteiger charge is -2.34. The molecular weight excluding hydrogens is 386 g/mol. The van der Waals surface area contributed by atoms with Crippen molar-refractivity contribution in [3.05, 3.63) is 30.0 Å². The Labute approximate surface area is 173 Å². The van der Waals surface area contributed by atoms with Crippen molar-refractivity contribution in [2.75, 3.05) is 19.6 Å². The molecule has 2 aromatic rings. The van der Waals surface area contributed by atoms with E-state index in [-0.39, 0.29) is 11.9 Å². The molecule has 3 atom stereocenters. The monoisotopic (exact) mass is 417 g/mol. The number of rotatable bonds is 3. The summed E-state index contributed by atoms with van der Waals surface area (Å²) >= 11 is 0. The van der Waals surface area contributed by atoms with Gasteiger partial charge in [-0.1, -0.05) is 13.8 Å². The van der Waals surface area contributed by atoms with Crippen molar-refractivity contribution in [1.82, 2.24) is 14.2 Å². The average Bonchev–Trinajstić information content (AvgIpc) is 3.10. The number of amides is 1. The smallest absolute Gasteiger partial charge is 0.270 e. The first kappa shape index (κ1) is 20.4. The number of carbonyl (C=O) groups is 1. The van der Waals surface area contributed by atoms with E-state index in [2.05, 4.69) is 25.8 Å². The summed E-state index contributed by atoms with van der Waals surface area (Å²) in [7, 11) is -3.54. The topological polar surface area (TPSA) is 73.5 Å². The largest absolute Gasteiger partial charge is 0.351 e. The van der Waals surface area contributed by atoms with Crippen molar-refractivity contribution in [2.45, 2.75) is 57.4 Å². The highest BCUT2D eigenvalue weighted by Crippen LogP contribution is 2.29. The van der Waals surface area contributed by atoms with Crippen molar-refractivity contribution < 1.29 is 13.2 Å². The molecule has 0 aliphatic carbocycles. The van der Waals surface area contributed by atoms with E-state index in [0.717, 1.165) is 43.1 Å². The Morgan fingerprint density at radius 3 is 2.48 bits per heavy atom. The molecule has 7 heteroatoms. The third kappa shape index (κ3) is 3.94. The highest BCUT2D eigenvalue weighted by molar-refractivity contribution is 7.89. The van der Waals surface area contributed by atoms with E-state index in [9.17, 15) is 13.2 Å². The van der Waals surface area contributed by atoms with Gasteiger partial charge in [0, 0.05) is 36.6 Å². The van der Waals surface area contributed by atoms with Crippen LogP contribution in [0.25, 0.3) is 10.9 Å². The lowest BCUT2D eigenvalue weighted by Crippen LogP contribution is -2.42. The van der Waals surface area contributed by atoms with Gasteiger partial charge in [-0.15, -0.1) is 0 Å². The lowest BCUT2D eigenvalue weighted by molar-refractivity contribution is 0.0630. The molecule has 6 nitrogen and oxygen atoms in total. The summed E-state index contributed by atoms with van der Waals surface area (Å²) < 4.78 is 28.0. The molecule has 1 N–H and O–H groups in total. The first-order valence-electron chi connectivity index (χ1n) is 10.7. The van der Waals surface area contributed by atoms with Crippen LogP contribution in [0.15, 0.2) is 29.2 Å². The van der Waals surface area contributed by atoms with Gasteiger partial charge in [-0.3, -0.25) is 4.79 Å². The van der Waals surface area contributed by atoms with E-state index < -0.39 is 10.0 Å². The Morgan fingerprint density at radius 2 is 1.79 bits per heavy atom. The number of nitrogens with zero attached hydrogens (tertiary/aromatic N) is 2. The number of aromatic amines is 1. The number of hydrogen-bond acceptors (Lipinski definition) is 3. The fraction of sp³-hybridized carbons (Fsp3) is 0.591. The second kappa shape index (κ2) is 7.76. The van der Waals surface area contributed by atoms with Crippen LogP contribution >= 0.6 is 0 Å². The molecule has 3 unspecified atom stereocenters. The van der Waals surface area contributed by atoms with Crippen LogP contribution in [0, 0.1) is 11.8 Å². The van der Waals surface area contributed by atoms with Crippen molar-refractivity contribution >= 4 is 26.8 Å². The number of aromatic nitrogens is 1. The predicted octanol–water partition coefficient (Wildman–Crippen LogP) is 3.85. The van der Waals surface area contributed by atoms with E-state index in [4.69, 9.17) is 0 Å². The number of hydrogen-bond donors (Lipinski definition) is 1. The number of sulfonamides is 1. The zero-order chi connectivity index (χ0) is 20.8. The Bertz CT molecular complexity index is 1000. The number of piperidine rings is 2. The molecule has 2 fully saturated rings. The van der Waals surface area contributed by atoms with Crippen LogP contribution in [0.1, 0.15) is 56.9 Å². The van der Waals surface area contributed by atoms with Crippen molar-refractivity contribution in [2.24, 2.45) is 11.8 Å². The highest BCUT2D eigenvalue weighted by atomic mass is 32.2. The van der Waals surface area contributed by atoms with Gasteiger partial charge in [0.15, 0.2) is 0 Å². The molecule has 2 aliphatic rings. The molecule has 0 spiro atoms. The maximum Gasteiger partial charge on any atom is 0.270 e. The van der Waals surface area contributed by atoms with E-state index >= 15 is 0 Å². The zero-order valence-corrected chi connectivity index (χ0v) is 18.3. The van der Waals surface area contributed by atoms with Crippen LogP contribution in [0.2, 0.25) is 0 Å². The summed E-state index contributed by atoms with van der Waals surface area (Å²) in [6.07, 6.45) is 4.28. The molecule has 1 aromatic carbocycles. The maximum absolute atomic E-state index is 13.2. The van der Waals surface area contributed by atoms with Gasteiger partial charge >= 0.3 is 0 Å². The minimum absolute atomic E-state index is 0.00325. The van der Waals surface area contributed by atoms with Crippen molar-refractivity contribution in [1.29, 1.82) is 0 Å². The number of likely N-dealkylation sites (tertiary alicyclic amines) is 1. The standard InChI is InChI=1S/C22H31N3O3S/c1-15-10-16(2)14-24(13-15)29(27,28)19-7-8-20-18(11-19)12-21(23-20)22(26)25-9-5-4-6-17(25)3/h7-8,11-12,15-17,23H,4-6,9-10,13-14H2,1-3H3. The second-order valence-corrected chi connectivity index (χ2v) is 11.0. The normalized spacial score (nSPS) is 26.7. The molecule has 0 radical (unpaired) electrons. The third-order valence-corrected chi connectivity index (χ3v) is 8.19. The lowest BCUT2D eigenvalue weighted by atomic mass is 9.94. The van der Waals surface area contributed by atoms with Crippen LogP contribution in [0.5, 0.6) is 0 Å². The fourth-order valence-corrected chi connectivity index (χ4v) is 6.61. The molecule has 0 saturated carbocycles. The van der Waals surface area contributed by atoms with Gasteiger partial charge in [-0.05, 0) is 68.7 Å². The average molecular weight is 418 g/mol. The van der Waals surface area contributed by atoms with Crippen LogP contribution in [0.4, 0.5) is 0 Å². The second-order valence-electron chi connectivity index (χ2n) is 9.04. The summed E-state index contributed by atoms with van der Waals surface area (Å²) in [6.45, 7) is 8.20. The molecule has 3 heterocycles. The Balaban J connectivity index is 1.62. The number of H-pyrrole nitrogens is 1. The van der Waals surface area contributed by atoms with E-state index in [1.165, 1.54) is 0 Å². The summed E-state index contributed by atoms with van der Waals surface area (Å²) in [6, 6.07) is 7.15. The number of fused-ring (bicyclic) bond motifs is 1. The maximum atomic E-state index is 13.2. The zero-order valence-electron chi connectivity index (χ0n) is 17.5. The summed E-state index contributed by atoms with van der Waals surface area (Å²) in [5.74, 6) is 0.719. The van der Waals surface area contributed by atoms with E-state index in [1.807, 2.05) is 4.90 Å². The van der Waals surface area contributed by atoms with Gasteiger partial charge in [-0.2, -0.15) is 4.31 Å². The van der Waals surface area contributed by atoms with Crippen molar-refractivity contribution in [3.63, 3.8) is 0 Å². The quantitative estimate of drug-likeness (QED) is 0.824. The first-order valence-corrected chi connectivity index (χ1v) is 12.1. The predicted molar refractivity (Wildman–Crippen MR) is 114 cm³/mol. The van der Waals surface area contributed by atoms with Gasteiger partial charge in [0.25, 0.3) is 5.91 Å². The molecule has 4 rings (SSSR count). The molecule has 2 aliphatic heterocycles. The minimum Gasteiger partial charge on any atom is -0.351 e. The highest BCUT2D eigenvalue weighted by Gasteiger charge is 2.32. The van der Waals surface area contributed by atoms with Crippen LogP contribution in [-0.4, -0.2) is 54.2 Å². The van der Waals surface area contributed by atoms with E-state index in [1.54, 1.807) is 28.6 Å².